The molecule has 0 spiro atoms. The molecule has 0 bridgehead atoms. The van der Waals surface area contributed by atoms with Crippen LogP contribution >= 0.6 is 23.1 Å². The first-order chi connectivity index (χ1) is 17.1. The third-order valence-electron chi connectivity index (χ3n) is 6.92. The van der Waals surface area contributed by atoms with Crippen LogP contribution in [0.25, 0.3) is 22.3 Å². The van der Waals surface area contributed by atoms with E-state index < -0.39 is 0 Å². The number of benzene rings is 1. The zero-order valence-electron chi connectivity index (χ0n) is 20.2. The lowest BCUT2D eigenvalue weighted by atomic mass is 10.0. The predicted octanol–water partition coefficient (Wildman–Crippen LogP) is 3.49. The molecule has 188 valence electrons. The van der Waals surface area contributed by atoms with E-state index in [4.69, 9.17) is 25.7 Å². The van der Waals surface area contributed by atoms with E-state index in [-0.39, 0.29) is 5.91 Å². The summed E-state index contributed by atoms with van der Waals surface area (Å²) in [6.45, 7) is 10.1. The molecule has 8 nitrogen and oxygen atoms in total. The van der Waals surface area contributed by atoms with Crippen molar-refractivity contribution in [3.05, 3.63) is 34.4 Å². The Labute approximate surface area is 215 Å². The summed E-state index contributed by atoms with van der Waals surface area (Å²) in [7, 11) is 0. The standard InChI is InChI=1S/C25H33ClN6O2S/c1-2-27-22(33)16-30-8-10-31(11-9-30)17-23-28-25(29-35-23)20-15-32(14-18-6-12-34-13-7-18)24-19(20)4-3-5-21(24)26/h3-5,15,18H,2,6-14,16-17H2,1H3,(H,27,33). The van der Waals surface area contributed by atoms with Crippen LogP contribution in [-0.2, 0) is 22.6 Å². The van der Waals surface area contributed by atoms with Crippen LogP contribution in [0.3, 0.4) is 0 Å². The van der Waals surface area contributed by atoms with Crippen molar-refractivity contribution in [2.75, 3.05) is 52.5 Å². The molecule has 1 amide bonds. The lowest BCUT2D eigenvalue weighted by molar-refractivity contribution is -0.122. The van der Waals surface area contributed by atoms with Crippen molar-refractivity contribution in [3.8, 4) is 11.4 Å². The van der Waals surface area contributed by atoms with Crippen molar-refractivity contribution >= 4 is 39.9 Å². The molecule has 2 fully saturated rings. The van der Waals surface area contributed by atoms with Crippen LogP contribution < -0.4 is 5.32 Å². The molecule has 4 heterocycles. The van der Waals surface area contributed by atoms with E-state index in [1.165, 1.54) is 11.5 Å². The summed E-state index contributed by atoms with van der Waals surface area (Å²) in [6, 6.07) is 6.08. The first-order valence-electron chi connectivity index (χ1n) is 12.5. The lowest BCUT2D eigenvalue weighted by Crippen LogP contribution is -2.49. The molecule has 10 heteroatoms. The Morgan fingerprint density at radius 3 is 2.74 bits per heavy atom. The largest absolute Gasteiger partial charge is 0.381 e. The molecule has 0 unspecified atom stereocenters. The normalized spacial score (nSPS) is 18.3. The van der Waals surface area contributed by atoms with Crippen molar-refractivity contribution in [2.45, 2.75) is 32.9 Å². The SMILES string of the molecule is CCNC(=O)CN1CCN(Cc2nc(-c3cn(CC4CCOCC4)c4c(Cl)cccc34)ns2)CC1. The molecule has 0 atom stereocenters. The molecule has 0 saturated carbocycles. The third-order valence-corrected chi connectivity index (χ3v) is 7.92. The number of ether oxygens (including phenoxy) is 1. The average Bonchev–Trinajstić information content (AvgIpc) is 3.46. The van der Waals surface area contributed by atoms with E-state index in [0.717, 1.165) is 97.6 Å². The molecule has 1 N–H and O–H groups in total. The van der Waals surface area contributed by atoms with Gasteiger partial charge >= 0.3 is 0 Å². The Bertz CT molecular complexity index is 1150. The van der Waals surface area contributed by atoms with Crippen LogP contribution in [-0.4, -0.2) is 82.1 Å². The molecule has 2 aliphatic rings. The van der Waals surface area contributed by atoms with Crippen molar-refractivity contribution in [1.82, 2.24) is 29.0 Å². The number of amides is 1. The smallest absolute Gasteiger partial charge is 0.234 e. The van der Waals surface area contributed by atoms with Gasteiger partial charge < -0.3 is 14.6 Å². The molecule has 35 heavy (non-hydrogen) atoms. The third kappa shape index (κ3) is 5.86. The maximum Gasteiger partial charge on any atom is 0.234 e. The van der Waals surface area contributed by atoms with Gasteiger partial charge in [0, 0.05) is 69.6 Å². The summed E-state index contributed by atoms with van der Waals surface area (Å²) in [5, 5.41) is 5.76. The number of hydrogen-bond acceptors (Lipinski definition) is 7. The molecule has 2 aromatic heterocycles. The van der Waals surface area contributed by atoms with Crippen LogP contribution in [0, 0.1) is 5.92 Å². The summed E-state index contributed by atoms with van der Waals surface area (Å²) in [4.78, 5) is 21.4. The van der Waals surface area contributed by atoms with Crippen molar-refractivity contribution in [1.29, 1.82) is 0 Å². The number of carbonyl (C=O) groups is 1. The Morgan fingerprint density at radius 1 is 1.20 bits per heavy atom. The fourth-order valence-corrected chi connectivity index (χ4v) is 6.01. The van der Waals surface area contributed by atoms with E-state index in [1.54, 1.807) is 0 Å². The maximum atomic E-state index is 11.9. The van der Waals surface area contributed by atoms with Gasteiger partial charge in [-0.2, -0.15) is 4.37 Å². The van der Waals surface area contributed by atoms with E-state index in [1.807, 2.05) is 19.1 Å². The lowest BCUT2D eigenvalue weighted by Gasteiger charge is -2.33. The minimum Gasteiger partial charge on any atom is -0.381 e. The topological polar surface area (TPSA) is 75.5 Å². The molecule has 2 aliphatic heterocycles. The predicted molar refractivity (Wildman–Crippen MR) is 140 cm³/mol. The summed E-state index contributed by atoms with van der Waals surface area (Å²) in [5.41, 5.74) is 2.11. The monoisotopic (exact) mass is 516 g/mol. The van der Waals surface area contributed by atoms with Crippen LogP contribution in [0.15, 0.2) is 24.4 Å². The number of piperazine rings is 1. The highest BCUT2D eigenvalue weighted by Crippen LogP contribution is 2.35. The van der Waals surface area contributed by atoms with E-state index in [2.05, 4.69) is 31.9 Å². The molecule has 0 aliphatic carbocycles. The second-order valence-corrected chi connectivity index (χ2v) is 10.6. The van der Waals surface area contributed by atoms with Crippen LogP contribution in [0.1, 0.15) is 24.8 Å². The zero-order valence-corrected chi connectivity index (χ0v) is 21.8. The first kappa shape index (κ1) is 24.6. The number of carbonyl (C=O) groups excluding carboxylic acids is 1. The van der Waals surface area contributed by atoms with E-state index in [9.17, 15) is 4.79 Å². The quantitative estimate of drug-likeness (QED) is 0.494. The second-order valence-electron chi connectivity index (χ2n) is 9.40. The van der Waals surface area contributed by atoms with Gasteiger partial charge in [-0.1, -0.05) is 23.7 Å². The van der Waals surface area contributed by atoms with Gasteiger partial charge in [0.15, 0.2) is 5.82 Å². The summed E-state index contributed by atoms with van der Waals surface area (Å²) in [5.74, 6) is 1.47. The Morgan fingerprint density at radius 2 is 1.97 bits per heavy atom. The molecule has 0 radical (unpaired) electrons. The number of hydrogen-bond donors (Lipinski definition) is 1. The van der Waals surface area contributed by atoms with Gasteiger partial charge in [0.1, 0.15) is 5.01 Å². The van der Waals surface area contributed by atoms with Crippen molar-refractivity contribution < 1.29 is 9.53 Å². The average molecular weight is 517 g/mol. The summed E-state index contributed by atoms with van der Waals surface area (Å²) < 4.78 is 12.6. The number of para-hydroxylation sites is 1. The van der Waals surface area contributed by atoms with Gasteiger partial charge in [-0.3, -0.25) is 14.6 Å². The Hall–Kier alpha value is -2.04. The zero-order chi connectivity index (χ0) is 24.2. The minimum absolute atomic E-state index is 0.103. The van der Waals surface area contributed by atoms with E-state index in [0.29, 0.717) is 19.0 Å². The van der Waals surface area contributed by atoms with Crippen molar-refractivity contribution in [3.63, 3.8) is 0 Å². The van der Waals surface area contributed by atoms with Crippen LogP contribution in [0.2, 0.25) is 5.02 Å². The van der Waals surface area contributed by atoms with Gasteiger partial charge in [0.2, 0.25) is 5.91 Å². The molecular weight excluding hydrogens is 484 g/mol. The van der Waals surface area contributed by atoms with Gasteiger partial charge in [-0.05, 0) is 43.3 Å². The van der Waals surface area contributed by atoms with Gasteiger partial charge in [0.05, 0.1) is 23.6 Å². The molecule has 3 aromatic rings. The second kappa shape index (κ2) is 11.3. The van der Waals surface area contributed by atoms with E-state index >= 15 is 0 Å². The Balaban J connectivity index is 1.27. The molecule has 2 saturated heterocycles. The fourth-order valence-electron chi connectivity index (χ4n) is 5.03. The van der Waals surface area contributed by atoms with Crippen LogP contribution in [0.5, 0.6) is 0 Å². The first-order valence-corrected chi connectivity index (χ1v) is 13.6. The minimum atomic E-state index is 0.103. The number of rotatable bonds is 8. The van der Waals surface area contributed by atoms with Gasteiger partial charge in [0.25, 0.3) is 0 Å². The number of nitrogens with zero attached hydrogens (tertiary/aromatic N) is 5. The van der Waals surface area contributed by atoms with Crippen molar-refractivity contribution in [2.24, 2.45) is 5.92 Å². The highest BCUT2D eigenvalue weighted by atomic mass is 35.5. The molecule has 1 aromatic carbocycles. The molecule has 5 rings (SSSR count). The molecular formula is C25H33ClN6O2S. The maximum absolute atomic E-state index is 11.9. The number of likely N-dealkylation sites (N-methyl/N-ethyl adjacent to an activating group) is 1. The highest BCUT2D eigenvalue weighted by molar-refractivity contribution is 7.05. The summed E-state index contributed by atoms with van der Waals surface area (Å²) >= 11 is 8.13. The van der Waals surface area contributed by atoms with Gasteiger partial charge in [-0.15, -0.1) is 0 Å². The highest BCUT2D eigenvalue weighted by Gasteiger charge is 2.22. The van der Waals surface area contributed by atoms with Gasteiger partial charge in [-0.25, -0.2) is 4.98 Å². The Kier molecular flexibility index (Phi) is 7.99. The number of halogens is 1. The van der Waals surface area contributed by atoms with Crippen LogP contribution in [0.4, 0.5) is 0 Å². The number of fused-ring (bicyclic) bond motifs is 1. The fraction of sp³-hybridized carbons (Fsp3) is 0.560. The summed E-state index contributed by atoms with van der Waals surface area (Å²) in [6.07, 6.45) is 4.34. The number of aromatic nitrogens is 3. The number of nitrogens with one attached hydrogen (secondary N) is 1.